The molecule has 2 N–H and O–H groups in total. The maximum atomic E-state index is 13.5. The monoisotopic (exact) mass is 632 g/mol. The Labute approximate surface area is 253 Å². The van der Waals surface area contributed by atoms with E-state index in [1.54, 1.807) is 24.4 Å². The number of hydrogen-bond donors (Lipinski definition) is 2. The fraction of sp³-hybridized carbons (Fsp3) is 0.406. The predicted octanol–water partition coefficient (Wildman–Crippen LogP) is 6.89. The summed E-state index contributed by atoms with van der Waals surface area (Å²) in [4.78, 5) is 32.5. The summed E-state index contributed by atoms with van der Waals surface area (Å²) in [6, 6.07) is 7.46. The van der Waals surface area contributed by atoms with Crippen LogP contribution in [0.3, 0.4) is 0 Å². The maximum Gasteiger partial charge on any atom is 0.416 e. The number of aromatic nitrogens is 1. The van der Waals surface area contributed by atoms with Crippen molar-refractivity contribution in [1.29, 1.82) is 0 Å². The molecule has 4 heterocycles. The zero-order valence-corrected chi connectivity index (χ0v) is 24.4. The molecule has 0 radical (unpaired) electrons. The van der Waals surface area contributed by atoms with Crippen molar-refractivity contribution in [2.45, 2.75) is 50.6 Å². The van der Waals surface area contributed by atoms with Gasteiger partial charge in [0.2, 0.25) is 0 Å². The molecule has 4 unspecified atom stereocenters. The van der Waals surface area contributed by atoms with E-state index in [0.717, 1.165) is 43.3 Å². The first-order valence-corrected chi connectivity index (χ1v) is 14.6. The molecule has 3 fully saturated rings. The largest absolute Gasteiger partial charge is 0.497 e. The van der Waals surface area contributed by atoms with Crippen LogP contribution in [0.25, 0.3) is 10.9 Å². The van der Waals surface area contributed by atoms with Crippen LogP contribution in [0.1, 0.15) is 48.9 Å². The number of alkyl halides is 6. The lowest BCUT2D eigenvalue weighted by Gasteiger charge is -2.52. The SMILES string of the molecule is CCC1CN2CCC1C[C@H]2C(Nc1c(Nc2cc(C(F)(F)F)cc(C(F)(F)F)c2)c(=O)c1=O)c1ccnc2ccc(OC)cc12. The highest BCUT2D eigenvalue weighted by molar-refractivity contribution is 5.85. The van der Waals surface area contributed by atoms with E-state index in [1.165, 1.54) is 7.11 Å². The minimum absolute atomic E-state index is 0.00144. The molecular weight excluding hydrogens is 602 g/mol. The summed E-state index contributed by atoms with van der Waals surface area (Å²) in [6.45, 7) is 3.83. The van der Waals surface area contributed by atoms with Gasteiger partial charge in [0, 0.05) is 29.9 Å². The third-order valence-corrected chi connectivity index (χ3v) is 9.23. The molecule has 7 nitrogen and oxygen atoms in total. The van der Waals surface area contributed by atoms with Gasteiger partial charge in [-0.05, 0) is 79.3 Å². The number of rotatable bonds is 8. The highest BCUT2D eigenvalue weighted by atomic mass is 19.4. The normalized spacial score (nSPS) is 22.5. The highest BCUT2D eigenvalue weighted by Gasteiger charge is 2.44. The molecule has 3 aliphatic heterocycles. The molecule has 2 bridgehead atoms. The summed E-state index contributed by atoms with van der Waals surface area (Å²) < 4.78 is 86.4. The summed E-state index contributed by atoms with van der Waals surface area (Å²) in [5, 5.41) is 6.36. The van der Waals surface area contributed by atoms with Crippen LogP contribution in [0.4, 0.5) is 43.4 Å². The number of nitrogens with one attached hydrogen (secondary N) is 2. The van der Waals surface area contributed by atoms with Gasteiger partial charge in [-0.2, -0.15) is 26.3 Å². The van der Waals surface area contributed by atoms with E-state index in [4.69, 9.17) is 4.74 Å². The van der Waals surface area contributed by atoms with Gasteiger partial charge in [0.15, 0.2) is 0 Å². The van der Waals surface area contributed by atoms with Gasteiger partial charge in [0.05, 0.1) is 29.8 Å². The molecule has 45 heavy (non-hydrogen) atoms. The van der Waals surface area contributed by atoms with Gasteiger partial charge in [0.1, 0.15) is 17.1 Å². The first-order chi connectivity index (χ1) is 21.3. The Morgan fingerprint density at radius 2 is 1.67 bits per heavy atom. The molecule has 13 heteroatoms. The number of piperidine rings is 3. The van der Waals surface area contributed by atoms with Crippen molar-refractivity contribution in [3.63, 3.8) is 0 Å². The van der Waals surface area contributed by atoms with Gasteiger partial charge in [-0.25, -0.2) is 0 Å². The van der Waals surface area contributed by atoms with Crippen molar-refractivity contribution in [2.75, 3.05) is 30.8 Å². The average molecular weight is 633 g/mol. The molecule has 0 saturated carbocycles. The number of nitrogens with zero attached hydrogens (tertiary/aromatic N) is 2. The lowest BCUT2D eigenvalue weighted by atomic mass is 9.72. The number of pyridine rings is 1. The molecule has 0 aliphatic carbocycles. The molecular formula is C32H30F6N4O3. The van der Waals surface area contributed by atoms with Gasteiger partial charge >= 0.3 is 12.4 Å². The van der Waals surface area contributed by atoms with Crippen LogP contribution in [0.5, 0.6) is 5.75 Å². The Hall–Kier alpha value is -4.13. The first-order valence-electron chi connectivity index (χ1n) is 14.6. The number of methoxy groups -OCH3 is 1. The second-order valence-corrected chi connectivity index (χ2v) is 11.7. The topological polar surface area (TPSA) is 83.6 Å². The summed E-state index contributed by atoms with van der Waals surface area (Å²) >= 11 is 0. The molecule has 3 aromatic carbocycles. The number of fused-ring (bicyclic) bond motifs is 4. The third-order valence-electron chi connectivity index (χ3n) is 9.23. The minimum atomic E-state index is -5.08. The van der Waals surface area contributed by atoms with Gasteiger partial charge in [0.25, 0.3) is 10.9 Å². The highest BCUT2D eigenvalue weighted by Crippen LogP contribution is 2.45. The molecule has 7 rings (SSSR count). The number of anilines is 3. The van der Waals surface area contributed by atoms with Gasteiger partial charge in [-0.3, -0.25) is 19.5 Å². The third kappa shape index (κ3) is 5.73. The summed E-state index contributed by atoms with van der Waals surface area (Å²) in [5.74, 6) is 1.53. The molecule has 3 saturated heterocycles. The van der Waals surface area contributed by atoms with Crippen molar-refractivity contribution in [1.82, 2.24) is 9.88 Å². The van der Waals surface area contributed by atoms with Crippen molar-refractivity contribution in [3.8, 4) is 5.75 Å². The van der Waals surface area contributed by atoms with Gasteiger partial charge in [-0.1, -0.05) is 13.3 Å². The fourth-order valence-corrected chi connectivity index (χ4v) is 6.89. The van der Waals surface area contributed by atoms with E-state index >= 15 is 0 Å². The summed E-state index contributed by atoms with van der Waals surface area (Å²) in [5.41, 5.74) is -4.82. The minimum Gasteiger partial charge on any atom is -0.497 e. The van der Waals surface area contributed by atoms with E-state index in [9.17, 15) is 35.9 Å². The first kappa shape index (κ1) is 30.9. The molecule has 238 valence electrons. The standard InChI is InChI=1S/C32H30F6N4O3/c1-3-16-15-42-9-7-17(16)10-25(42)26(22-6-8-39-24-5-4-21(45-2)14-23(22)24)41-28-27(29(43)30(28)44)40-20-12-18(31(33,34)35)11-19(13-20)32(36,37)38/h4-6,8,11-14,16-17,25-26,40-41H,3,7,9-10,15H2,1-2H3/t16?,17?,25-,26?/m0/s1. The Morgan fingerprint density at radius 3 is 2.27 bits per heavy atom. The lowest BCUT2D eigenvalue weighted by Crippen LogP contribution is -2.56. The number of ether oxygens (including phenoxy) is 1. The van der Waals surface area contributed by atoms with Crippen LogP contribution >= 0.6 is 0 Å². The van der Waals surface area contributed by atoms with Crippen molar-refractivity contribution < 1.29 is 31.1 Å². The molecule has 4 aromatic rings. The van der Waals surface area contributed by atoms with Gasteiger partial charge in [-0.15, -0.1) is 0 Å². The van der Waals surface area contributed by atoms with E-state index in [0.29, 0.717) is 35.2 Å². The molecule has 0 amide bonds. The molecule has 1 aromatic heterocycles. The summed E-state index contributed by atoms with van der Waals surface area (Å²) in [7, 11) is 1.53. The van der Waals surface area contributed by atoms with E-state index in [1.807, 2.05) is 6.07 Å². The van der Waals surface area contributed by atoms with Crippen LogP contribution < -0.4 is 26.2 Å². The zero-order valence-electron chi connectivity index (χ0n) is 24.4. The van der Waals surface area contributed by atoms with Crippen LogP contribution in [-0.4, -0.2) is 36.1 Å². The lowest BCUT2D eigenvalue weighted by molar-refractivity contribution is -0.143. The Bertz CT molecular complexity index is 1780. The second-order valence-electron chi connectivity index (χ2n) is 11.7. The number of hydrogen-bond acceptors (Lipinski definition) is 7. The van der Waals surface area contributed by atoms with Crippen molar-refractivity contribution >= 4 is 28.0 Å². The second kappa shape index (κ2) is 11.3. The number of halogens is 6. The zero-order chi connectivity index (χ0) is 32.3. The molecule has 5 atom stereocenters. The summed E-state index contributed by atoms with van der Waals surface area (Å²) in [6.07, 6.45) is -5.68. The Balaban J connectivity index is 1.42. The van der Waals surface area contributed by atoms with E-state index < -0.39 is 51.8 Å². The van der Waals surface area contributed by atoms with Crippen LogP contribution in [0.15, 0.2) is 58.3 Å². The van der Waals surface area contributed by atoms with Crippen LogP contribution in [0.2, 0.25) is 0 Å². The molecule has 0 spiro atoms. The predicted molar refractivity (Wildman–Crippen MR) is 158 cm³/mol. The fourth-order valence-electron chi connectivity index (χ4n) is 6.89. The Kier molecular flexibility index (Phi) is 7.78. The van der Waals surface area contributed by atoms with E-state index in [-0.39, 0.29) is 17.8 Å². The maximum absolute atomic E-state index is 13.5. The smallest absolute Gasteiger partial charge is 0.416 e. The van der Waals surface area contributed by atoms with Gasteiger partial charge < -0.3 is 15.4 Å². The number of benzene rings is 2. The van der Waals surface area contributed by atoms with Crippen molar-refractivity contribution in [2.24, 2.45) is 11.8 Å². The van der Waals surface area contributed by atoms with Crippen LogP contribution in [-0.2, 0) is 12.4 Å². The van der Waals surface area contributed by atoms with E-state index in [2.05, 4.69) is 27.4 Å². The average Bonchev–Trinajstić information content (AvgIpc) is 3.03. The van der Waals surface area contributed by atoms with Crippen LogP contribution in [0, 0.1) is 11.8 Å². The van der Waals surface area contributed by atoms with Crippen molar-refractivity contribution in [3.05, 3.63) is 85.8 Å². The quantitative estimate of drug-likeness (QED) is 0.162. The molecule has 3 aliphatic rings. The Morgan fingerprint density at radius 1 is 0.978 bits per heavy atom.